The minimum atomic E-state index is -4.79. The Hall–Kier alpha value is -4.07. The number of amides is 1. The lowest BCUT2D eigenvalue weighted by Crippen LogP contribution is -2.54. The number of alkyl halides is 3. The highest BCUT2D eigenvalue weighted by molar-refractivity contribution is 5.98. The summed E-state index contributed by atoms with van der Waals surface area (Å²) in [5, 5.41) is 10.1. The number of nitrogens with zero attached hydrogens (tertiary/aromatic N) is 1. The van der Waals surface area contributed by atoms with Crippen LogP contribution >= 0.6 is 0 Å². The fourth-order valence-corrected chi connectivity index (χ4v) is 6.15. The molecule has 2 aliphatic carbocycles. The first kappa shape index (κ1) is 23.3. The van der Waals surface area contributed by atoms with Crippen molar-refractivity contribution in [3.05, 3.63) is 101 Å². The second kappa shape index (κ2) is 8.50. The van der Waals surface area contributed by atoms with Crippen LogP contribution in [0.15, 0.2) is 78.9 Å². The fourth-order valence-electron chi connectivity index (χ4n) is 6.15. The molecule has 3 aromatic carbocycles. The van der Waals surface area contributed by atoms with Crippen LogP contribution in [0.4, 0.5) is 23.7 Å². The van der Waals surface area contributed by atoms with E-state index in [4.69, 9.17) is 4.74 Å². The van der Waals surface area contributed by atoms with Crippen molar-refractivity contribution in [2.24, 2.45) is 5.92 Å². The highest BCUT2D eigenvalue weighted by Crippen LogP contribution is 2.52. The molecular weight excluding hydrogens is 483 g/mol. The summed E-state index contributed by atoms with van der Waals surface area (Å²) in [5.41, 5.74) is 2.69. The zero-order chi connectivity index (χ0) is 25.9. The molecule has 0 saturated carbocycles. The summed E-state index contributed by atoms with van der Waals surface area (Å²) in [4.78, 5) is 26.7. The predicted molar refractivity (Wildman–Crippen MR) is 130 cm³/mol. The van der Waals surface area contributed by atoms with E-state index in [0.717, 1.165) is 33.2 Å². The van der Waals surface area contributed by atoms with Gasteiger partial charge in [-0.3, -0.25) is 4.90 Å². The van der Waals surface area contributed by atoms with Gasteiger partial charge in [0.15, 0.2) is 0 Å². The molecule has 3 aliphatic rings. The molecule has 0 unspecified atom stereocenters. The van der Waals surface area contributed by atoms with Gasteiger partial charge in [-0.25, -0.2) is 9.59 Å². The lowest BCUT2D eigenvalue weighted by molar-refractivity contribution is -0.141. The largest absolute Gasteiger partial charge is 0.480 e. The molecule has 0 radical (unpaired) electrons. The number of anilines is 1. The summed E-state index contributed by atoms with van der Waals surface area (Å²) >= 11 is 0. The lowest BCUT2D eigenvalue weighted by Gasteiger charge is -2.42. The van der Waals surface area contributed by atoms with Crippen molar-refractivity contribution in [3.63, 3.8) is 0 Å². The van der Waals surface area contributed by atoms with Gasteiger partial charge in [-0.1, -0.05) is 72.8 Å². The number of aliphatic carboxylic acids is 1. The Morgan fingerprint density at radius 1 is 0.919 bits per heavy atom. The van der Waals surface area contributed by atoms with Crippen LogP contribution in [-0.2, 0) is 15.7 Å². The van der Waals surface area contributed by atoms with E-state index in [0.29, 0.717) is 6.42 Å². The van der Waals surface area contributed by atoms with Crippen LogP contribution in [0.3, 0.4) is 0 Å². The van der Waals surface area contributed by atoms with Gasteiger partial charge in [0, 0.05) is 17.8 Å². The molecule has 3 atom stereocenters. The quantitative estimate of drug-likeness (QED) is 0.408. The normalized spacial score (nSPS) is 21.7. The molecule has 188 valence electrons. The van der Waals surface area contributed by atoms with Gasteiger partial charge in [-0.05, 0) is 40.3 Å². The van der Waals surface area contributed by atoms with E-state index in [1.165, 1.54) is 12.1 Å². The number of hydrogen-bond acceptors (Lipinski definition) is 3. The van der Waals surface area contributed by atoms with Crippen molar-refractivity contribution in [2.45, 2.75) is 30.5 Å². The summed E-state index contributed by atoms with van der Waals surface area (Å²) in [5.74, 6) is -2.80. The highest BCUT2D eigenvalue weighted by atomic mass is 19.4. The van der Waals surface area contributed by atoms with Crippen LogP contribution in [0, 0.1) is 5.92 Å². The molecule has 8 heteroatoms. The lowest BCUT2D eigenvalue weighted by atomic mass is 9.77. The summed E-state index contributed by atoms with van der Waals surface area (Å²) in [7, 11) is 0. The minimum absolute atomic E-state index is 0.133. The van der Waals surface area contributed by atoms with E-state index >= 15 is 0 Å². The Labute approximate surface area is 210 Å². The molecule has 1 heterocycles. The third kappa shape index (κ3) is 3.62. The molecule has 0 bridgehead atoms. The summed E-state index contributed by atoms with van der Waals surface area (Å²) in [6.45, 7) is -0.133. The van der Waals surface area contributed by atoms with E-state index in [9.17, 15) is 27.9 Å². The maximum Gasteiger partial charge on any atom is 0.418 e. The number of allylic oxidation sites excluding steroid dienone is 2. The summed E-state index contributed by atoms with van der Waals surface area (Å²) in [6.07, 6.45) is -2.06. The van der Waals surface area contributed by atoms with Gasteiger partial charge in [0.2, 0.25) is 0 Å². The van der Waals surface area contributed by atoms with Crippen molar-refractivity contribution in [2.75, 3.05) is 11.5 Å². The van der Waals surface area contributed by atoms with Crippen LogP contribution in [-0.4, -0.2) is 29.8 Å². The zero-order valence-electron chi connectivity index (χ0n) is 19.5. The Morgan fingerprint density at radius 3 is 2.16 bits per heavy atom. The van der Waals surface area contributed by atoms with Gasteiger partial charge < -0.3 is 9.84 Å². The van der Waals surface area contributed by atoms with Gasteiger partial charge in [0.1, 0.15) is 12.6 Å². The second-order valence-corrected chi connectivity index (χ2v) is 9.55. The number of carboxylic acid groups (broad SMARTS) is 1. The minimum Gasteiger partial charge on any atom is -0.480 e. The molecule has 37 heavy (non-hydrogen) atoms. The zero-order valence-corrected chi connectivity index (χ0v) is 19.5. The number of para-hydroxylation sites is 1. The van der Waals surface area contributed by atoms with E-state index in [1.54, 1.807) is 12.2 Å². The highest BCUT2D eigenvalue weighted by Gasteiger charge is 2.51. The third-order valence-electron chi connectivity index (χ3n) is 7.66. The molecule has 6 rings (SSSR count). The Bertz CT molecular complexity index is 1400. The topological polar surface area (TPSA) is 66.8 Å². The van der Waals surface area contributed by atoms with Crippen molar-refractivity contribution in [3.8, 4) is 11.1 Å². The van der Waals surface area contributed by atoms with Crippen LogP contribution < -0.4 is 4.90 Å². The molecule has 1 N–H and O–H groups in total. The number of carbonyl (C=O) groups excluding carboxylic acids is 1. The number of hydrogen-bond donors (Lipinski definition) is 1. The van der Waals surface area contributed by atoms with Crippen LogP contribution in [0.1, 0.15) is 40.5 Å². The maximum absolute atomic E-state index is 14.1. The monoisotopic (exact) mass is 505 g/mol. The molecule has 1 aliphatic heterocycles. The number of rotatable bonds is 3. The first-order valence-corrected chi connectivity index (χ1v) is 12.0. The molecule has 0 fully saturated rings. The first-order valence-electron chi connectivity index (χ1n) is 12.0. The van der Waals surface area contributed by atoms with Gasteiger partial charge in [-0.2, -0.15) is 13.2 Å². The van der Waals surface area contributed by atoms with Crippen molar-refractivity contribution in [1.82, 2.24) is 0 Å². The maximum atomic E-state index is 14.1. The summed E-state index contributed by atoms with van der Waals surface area (Å²) < 4.78 is 48.0. The van der Waals surface area contributed by atoms with E-state index in [2.05, 4.69) is 0 Å². The van der Waals surface area contributed by atoms with Crippen molar-refractivity contribution in [1.29, 1.82) is 0 Å². The second-order valence-electron chi connectivity index (χ2n) is 9.55. The van der Waals surface area contributed by atoms with Gasteiger partial charge in [0.25, 0.3) is 0 Å². The van der Waals surface area contributed by atoms with E-state index in [-0.39, 0.29) is 18.1 Å². The van der Waals surface area contributed by atoms with Crippen LogP contribution in [0.2, 0.25) is 0 Å². The number of carbonyl (C=O) groups is 2. The van der Waals surface area contributed by atoms with Crippen molar-refractivity contribution < 1.29 is 32.6 Å². The number of fused-ring (bicyclic) bond motifs is 6. The summed E-state index contributed by atoms with van der Waals surface area (Å²) in [6, 6.07) is 17.6. The van der Waals surface area contributed by atoms with E-state index in [1.807, 2.05) is 48.5 Å². The van der Waals surface area contributed by atoms with Gasteiger partial charge >= 0.3 is 18.2 Å². The number of ether oxygens (including phenoxy) is 1. The fraction of sp³-hybridized carbons (Fsp3) is 0.241. The molecule has 5 nitrogen and oxygen atoms in total. The molecular formula is C29H22F3NO4. The smallest absolute Gasteiger partial charge is 0.418 e. The Kier molecular flexibility index (Phi) is 5.36. The number of benzene rings is 3. The SMILES string of the molecule is O=C(O)[C@H]1[C@H]2CC=C[C@H]2c2cccc(C(F)(F)F)c2N1C(=O)OCC1c2ccccc2-c2ccccc21. The molecule has 0 aromatic heterocycles. The predicted octanol–water partition coefficient (Wildman–Crippen LogP) is 6.59. The van der Waals surface area contributed by atoms with Crippen LogP contribution in [0.25, 0.3) is 11.1 Å². The van der Waals surface area contributed by atoms with Gasteiger partial charge in [0.05, 0.1) is 11.3 Å². The van der Waals surface area contributed by atoms with Crippen molar-refractivity contribution >= 4 is 17.7 Å². The Balaban J connectivity index is 1.40. The number of carboxylic acids is 1. The van der Waals surface area contributed by atoms with E-state index < -0.39 is 47.4 Å². The first-order chi connectivity index (χ1) is 17.8. The molecule has 0 spiro atoms. The molecule has 1 amide bonds. The average molecular weight is 505 g/mol. The van der Waals surface area contributed by atoms with Crippen LogP contribution in [0.5, 0.6) is 0 Å². The average Bonchev–Trinajstić information content (AvgIpc) is 3.49. The standard InChI is InChI=1S/C29H22F3NO4/c30-29(31,32)24-14-6-13-21-20-11-5-12-22(20)26(27(34)35)33(25(21)24)28(36)37-15-23-18-9-3-1-7-16(18)17-8-2-4-10-19(17)23/h1-11,13-14,20,22-23,26H,12,15H2,(H,34,35)/t20-,22-,26+/m0/s1. The third-order valence-corrected chi connectivity index (χ3v) is 7.66. The molecule has 0 saturated heterocycles. The van der Waals surface area contributed by atoms with Gasteiger partial charge in [-0.15, -0.1) is 0 Å². The molecule has 3 aromatic rings. The number of halogens is 3. The Morgan fingerprint density at radius 2 is 1.54 bits per heavy atom.